The number of aliphatic carboxylic acids is 1. The normalized spacial score (nSPS) is 18.9. The highest BCUT2D eigenvalue weighted by molar-refractivity contribution is 6.42. The molecule has 1 amide bonds. The zero-order valence-electron chi connectivity index (χ0n) is 10.5. The molecule has 0 spiro atoms. The van der Waals surface area contributed by atoms with Gasteiger partial charge in [0.05, 0.1) is 29.7 Å². The standard InChI is InChI=1S/C13H13Cl2NO4/c14-9-2-1-8(5-10(9)15)6-12(17)16-3-4-20-7-11(16)13(18)19/h1-2,5,11H,3-4,6-7H2,(H,18,19)/t11-/m1/s1. The van der Waals surface area contributed by atoms with E-state index in [1.54, 1.807) is 18.2 Å². The predicted octanol–water partition coefficient (Wildman–Crippen LogP) is 1.85. The van der Waals surface area contributed by atoms with Crippen LogP contribution >= 0.6 is 23.2 Å². The molecule has 1 fully saturated rings. The van der Waals surface area contributed by atoms with Crippen LogP contribution in [0.4, 0.5) is 0 Å². The van der Waals surface area contributed by atoms with Gasteiger partial charge in [-0.1, -0.05) is 29.3 Å². The molecule has 0 saturated carbocycles. The van der Waals surface area contributed by atoms with Crippen molar-refractivity contribution < 1.29 is 19.4 Å². The van der Waals surface area contributed by atoms with Gasteiger partial charge in [0.1, 0.15) is 0 Å². The summed E-state index contributed by atoms with van der Waals surface area (Å²) < 4.78 is 5.10. The predicted molar refractivity (Wildman–Crippen MR) is 74.1 cm³/mol. The number of carboxylic acids is 1. The first-order valence-corrected chi connectivity index (χ1v) is 6.78. The van der Waals surface area contributed by atoms with Crippen molar-refractivity contribution in [3.05, 3.63) is 33.8 Å². The van der Waals surface area contributed by atoms with Crippen molar-refractivity contribution in [2.75, 3.05) is 19.8 Å². The minimum Gasteiger partial charge on any atom is -0.480 e. The van der Waals surface area contributed by atoms with Gasteiger partial charge in [-0.15, -0.1) is 0 Å². The first-order chi connectivity index (χ1) is 9.49. The van der Waals surface area contributed by atoms with Crippen LogP contribution in [0.5, 0.6) is 0 Å². The quantitative estimate of drug-likeness (QED) is 0.923. The zero-order valence-corrected chi connectivity index (χ0v) is 12.0. The Hall–Kier alpha value is -1.30. The molecule has 1 aliphatic heterocycles. The molecule has 5 nitrogen and oxygen atoms in total. The summed E-state index contributed by atoms with van der Waals surface area (Å²) >= 11 is 11.7. The fraction of sp³-hybridized carbons (Fsp3) is 0.385. The van der Waals surface area contributed by atoms with Gasteiger partial charge in [0.25, 0.3) is 0 Å². The van der Waals surface area contributed by atoms with Gasteiger partial charge in [0, 0.05) is 6.54 Å². The first kappa shape index (κ1) is 15.1. The van der Waals surface area contributed by atoms with Gasteiger partial charge >= 0.3 is 5.97 Å². The molecule has 1 saturated heterocycles. The Labute approximate surface area is 126 Å². The lowest BCUT2D eigenvalue weighted by Crippen LogP contribution is -2.53. The highest BCUT2D eigenvalue weighted by atomic mass is 35.5. The van der Waals surface area contributed by atoms with E-state index in [1.165, 1.54) is 4.90 Å². The van der Waals surface area contributed by atoms with Gasteiger partial charge < -0.3 is 14.7 Å². The Bertz CT molecular complexity index is 535. The van der Waals surface area contributed by atoms with Crippen molar-refractivity contribution in [2.24, 2.45) is 0 Å². The fourth-order valence-corrected chi connectivity index (χ4v) is 2.35. The van der Waals surface area contributed by atoms with E-state index >= 15 is 0 Å². The number of nitrogens with zero attached hydrogens (tertiary/aromatic N) is 1. The highest BCUT2D eigenvalue weighted by Crippen LogP contribution is 2.23. The largest absolute Gasteiger partial charge is 0.480 e. The second-order valence-corrected chi connectivity index (χ2v) is 5.26. The zero-order chi connectivity index (χ0) is 14.7. The Balaban J connectivity index is 2.09. The summed E-state index contributed by atoms with van der Waals surface area (Å²) in [7, 11) is 0. The molecule has 0 bridgehead atoms. The van der Waals surface area contributed by atoms with E-state index in [0.717, 1.165) is 0 Å². The SMILES string of the molecule is O=C(O)[C@H]1COCCN1C(=O)Cc1ccc(Cl)c(Cl)c1. The van der Waals surface area contributed by atoms with E-state index in [0.29, 0.717) is 22.2 Å². The molecule has 2 rings (SSSR count). The van der Waals surface area contributed by atoms with Crippen molar-refractivity contribution in [1.29, 1.82) is 0 Å². The molecule has 0 unspecified atom stereocenters. The third-order valence-corrected chi connectivity index (χ3v) is 3.81. The summed E-state index contributed by atoms with van der Waals surface area (Å²) in [5.41, 5.74) is 0.694. The molecule has 108 valence electrons. The Morgan fingerprint density at radius 3 is 2.75 bits per heavy atom. The number of benzene rings is 1. The van der Waals surface area contributed by atoms with Crippen LogP contribution in [0.15, 0.2) is 18.2 Å². The summed E-state index contributed by atoms with van der Waals surface area (Å²) in [6.07, 6.45) is 0.0840. The van der Waals surface area contributed by atoms with E-state index in [4.69, 9.17) is 33.0 Å². The number of hydrogen-bond acceptors (Lipinski definition) is 3. The molecular formula is C13H13Cl2NO4. The minimum atomic E-state index is -1.06. The van der Waals surface area contributed by atoms with Crippen LogP contribution in [0.2, 0.25) is 10.0 Å². The van der Waals surface area contributed by atoms with Crippen molar-refractivity contribution in [3.8, 4) is 0 Å². The van der Waals surface area contributed by atoms with Crippen LogP contribution in [-0.4, -0.2) is 47.7 Å². The molecule has 1 heterocycles. The molecule has 1 atom stereocenters. The van der Waals surface area contributed by atoms with Gasteiger partial charge in [0.15, 0.2) is 6.04 Å². The number of halogens is 2. The summed E-state index contributed by atoms with van der Waals surface area (Å²) in [6, 6.07) is 3.99. The monoisotopic (exact) mass is 317 g/mol. The minimum absolute atomic E-state index is 0.0163. The number of hydrogen-bond donors (Lipinski definition) is 1. The molecule has 0 aliphatic carbocycles. The third-order valence-electron chi connectivity index (χ3n) is 3.07. The number of morpholine rings is 1. The Kier molecular flexibility index (Phi) is 4.86. The van der Waals surface area contributed by atoms with E-state index in [2.05, 4.69) is 0 Å². The lowest BCUT2D eigenvalue weighted by atomic mass is 10.1. The number of carbonyl (C=O) groups is 2. The van der Waals surface area contributed by atoms with Gasteiger partial charge in [-0.2, -0.15) is 0 Å². The highest BCUT2D eigenvalue weighted by Gasteiger charge is 2.32. The number of rotatable bonds is 3. The second kappa shape index (κ2) is 6.43. The third kappa shape index (κ3) is 3.42. The molecule has 1 aliphatic rings. The van der Waals surface area contributed by atoms with Crippen molar-refractivity contribution in [2.45, 2.75) is 12.5 Å². The fourth-order valence-electron chi connectivity index (χ4n) is 2.03. The van der Waals surface area contributed by atoms with Gasteiger partial charge in [-0.3, -0.25) is 4.79 Å². The summed E-state index contributed by atoms with van der Waals surface area (Å²) in [4.78, 5) is 24.6. The van der Waals surface area contributed by atoms with Crippen LogP contribution in [-0.2, 0) is 20.7 Å². The molecule has 0 radical (unpaired) electrons. The maximum absolute atomic E-state index is 12.2. The maximum atomic E-state index is 12.2. The van der Waals surface area contributed by atoms with Crippen molar-refractivity contribution in [3.63, 3.8) is 0 Å². The summed E-state index contributed by atoms with van der Waals surface area (Å²) in [6.45, 7) is 0.635. The maximum Gasteiger partial charge on any atom is 0.328 e. The van der Waals surface area contributed by atoms with Crippen LogP contribution in [0, 0.1) is 0 Å². The Morgan fingerprint density at radius 2 is 2.10 bits per heavy atom. The van der Waals surface area contributed by atoms with Crippen molar-refractivity contribution >= 4 is 35.1 Å². The van der Waals surface area contributed by atoms with Crippen molar-refractivity contribution in [1.82, 2.24) is 4.90 Å². The second-order valence-electron chi connectivity index (χ2n) is 4.44. The van der Waals surface area contributed by atoms with Crippen LogP contribution in [0.25, 0.3) is 0 Å². The number of carboxylic acid groups (broad SMARTS) is 1. The van der Waals surface area contributed by atoms with Gasteiger partial charge in [0.2, 0.25) is 5.91 Å². The molecule has 1 aromatic carbocycles. The smallest absolute Gasteiger partial charge is 0.328 e. The number of amides is 1. The lowest BCUT2D eigenvalue weighted by molar-refractivity contribution is -0.158. The van der Waals surface area contributed by atoms with E-state index in [-0.39, 0.29) is 25.5 Å². The van der Waals surface area contributed by atoms with Crippen LogP contribution in [0.3, 0.4) is 0 Å². The van der Waals surface area contributed by atoms with Gasteiger partial charge in [-0.05, 0) is 17.7 Å². The van der Waals surface area contributed by atoms with Crippen LogP contribution in [0.1, 0.15) is 5.56 Å². The van der Waals surface area contributed by atoms with E-state index < -0.39 is 12.0 Å². The molecule has 0 aromatic heterocycles. The number of carbonyl (C=O) groups excluding carboxylic acids is 1. The van der Waals surface area contributed by atoms with Gasteiger partial charge in [-0.25, -0.2) is 4.79 Å². The number of ether oxygens (including phenoxy) is 1. The topological polar surface area (TPSA) is 66.8 Å². The van der Waals surface area contributed by atoms with Crippen LogP contribution < -0.4 is 0 Å². The molecule has 1 N–H and O–H groups in total. The molecule has 7 heteroatoms. The molecule has 1 aromatic rings. The van der Waals surface area contributed by atoms with E-state index in [1.807, 2.05) is 0 Å². The average Bonchev–Trinajstić information content (AvgIpc) is 2.43. The lowest BCUT2D eigenvalue weighted by Gasteiger charge is -2.32. The summed E-state index contributed by atoms with van der Waals surface area (Å²) in [5.74, 6) is -1.33. The average molecular weight is 318 g/mol. The molecular weight excluding hydrogens is 305 g/mol. The van der Waals surface area contributed by atoms with E-state index in [9.17, 15) is 9.59 Å². The first-order valence-electron chi connectivity index (χ1n) is 6.03. The molecule has 20 heavy (non-hydrogen) atoms. The Morgan fingerprint density at radius 1 is 1.35 bits per heavy atom. The summed E-state index contributed by atoms with van der Waals surface area (Å²) in [5, 5.41) is 9.88.